The Morgan fingerprint density at radius 1 is 0.893 bits per heavy atom. The third kappa shape index (κ3) is 2.39. The summed E-state index contributed by atoms with van der Waals surface area (Å²) < 4.78 is 5.18. The van der Waals surface area contributed by atoms with E-state index in [1.807, 2.05) is 24.3 Å². The fourth-order valence-corrected chi connectivity index (χ4v) is 3.45. The summed E-state index contributed by atoms with van der Waals surface area (Å²) in [6.45, 7) is 0. The van der Waals surface area contributed by atoms with Crippen molar-refractivity contribution in [3.05, 3.63) is 77.9 Å². The van der Waals surface area contributed by atoms with Crippen LogP contribution < -0.4 is 9.64 Å². The van der Waals surface area contributed by atoms with Crippen molar-refractivity contribution in [1.29, 1.82) is 0 Å². The Kier molecular flexibility index (Phi) is 3.52. The average molecular weight is 369 g/mol. The van der Waals surface area contributed by atoms with E-state index in [9.17, 15) is 9.59 Å². The maximum absolute atomic E-state index is 12.7. The van der Waals surface area contributed by atoms with E-state index < -0.39 is 0 Å². The zero-order valence-corrected chi connectivity index (χ0v) is 15.0. The first-order valence-electron chi connectivity index (χ1n) is 8.78. The van der Waals surface area contributed by atoms with Gasteiger partial charge in [-0.25, -0.2) is 9.88 Å². The highest BCUT2D eigenvalue weighted by atomic mass is 16.5. The highest BCUT2D eigenvalue weighted by molar-refractivity contribution is 6.34. The normalized spacial score (nSPS) is 13.2. The Balaban J connectivity index is 1.54. The van der Waals surface area contributed by atoms with Crippen molar-refractivity contribution < 1.29 is 14.3 Å². The van der Waals surface area contributed by atoms with E-state index in [2.05, 4.69) is 9.97 Å². The molecule has 0 spiro atoms. The molecule has 6 heteroatoms. The molecule has 0 saturated carbocycles. The second-order valence-electron chi connectivity index (χ2n) is 6.51. The van der Waals surface area contributed by atoms with Crippen LogP contribution in [0, 0.1) is 0 Å². The van der Waals surface area contributed by atoms with Gasteiger partial charge in [0.25, 0.3) is 11.8 Å². The lowest BCUT2D eigenvalue weighted by Crippen LogP contribution is -2.29. The van der Waals surface area contributed by atoms with Crippen molar-refractivity contribution in [3.63, 3.8) is 0 Å². The van der Waals surface area contributed by atoms with E-state index in [4.69, 9.17) is 4.74 Å². The number of anilines is 1. The molecule has 0 radical (unpaired) electrons. The molecule has 0 unspecified atom stereocenters. The van der Waals surface area contributed by atoms with Crippen molar-refractivity contribution in [2.24, 2.45) is 0 Å². The zero-order chi connectivity index (χ0) is 19.3. The van der Waals surface area contributed by atoms with Crippen molar-refractivity contribution in [2.45, 2.75) is 0 Å². The molecule has 1 aliphatic heterocycles. The minimum atomic E-state index is -0.310. The molecule has 28 heavy (non-hydrogen) atoms. The smallest absolute Gasteiger partial charge is 0.266 e. The standard InChI is InChI=1S/C22H15N3O3/c1-28-15-9-6-13(7-10-15)20-23-18-11-8-14(12-19(18)24-20)25-21(26)16-4-2-3-5-17(16)22(25)27/h2-12H,1H3,(H,23,24). The number of aromatic amines is 1. The van der Waals surface area contributed by atoms with Gasteiger partial charge < -0.3 is 9.72 Å². The predicted octanol–water partition coefficient (Wildman–Crippen LogP) is 4.04. The van der Waals surface area contributed by atoms with Gasteiger partial charge in [-0.3, -0.25) is 9.59 Å². The molecular weight excluding hydrogens is 354 g/mol. The number of nitrogens with one attached hydrogen (secondary N) is 1. The Labute approximate surface area is 160 Å². The number of carbonyl (C=O) groups is 2. The lowest BCUT2D eigenvalue weighted by atomic mass is 10.1. The van der Waals surface area contributed by atoms with E-state index in [-0.39, 0.29) is 11.8 Å². The number of benzene rings is 3. The first-order valence-corrected chi connectivity index (χ1v) is 8.78. The van der Waals surface area contributed by atoms with Crippen molar-refractivity contribution in [3.8, 4) is 17.1 Å². The van der Waals surface area contributed by atoms with Gasteiger partial charge in [0.1, 0.15) is 11.6 Å². The topological polar surface area (TPSA) is 75.3 Å². The molecule has 2 amide bonds. The summed E-state index contributed by atoms with van der Waals surface area (Å²) in [5.41, 5.74) is 3.79. The van der Waals surface area contributed by atoms with Crippen LogP contribution in [0.4, 0.5) is 5.69 Å². The minimum absolute atomic E-state index is 0.310. The fourth-order valence-electron chi connectivity index (χ4n) is 3.45. The van der Waals surface area contributed by atoms with Crippen LogP contribution in [-0.2, 0) is 0 Å². The van der Waals surface area contributed by atoms with E-state index >= 15 is 0 Å². The summed E-state index contributed by atoms with van der Waals surface area (Å²) in [6, 6.07) is 19.7. The number of rotatable bonds is 3. The van der Waals surface area contributed by atoms with Crippen LogP contribution in [0.15, 0.2) is 66.7 Å². The molecule has 4 aromatic rings. The number of methoxy groups -OCH3 is 1. The van der Waals surface area contributed by atoms with Gasteiger partial charge in [0, 0.05) is 5.56 Å². The number of carbonyl (C=O) groups excluding carboxylic acids is 2. The summed E-state index contributed by atoms with van der Waals surface area (Å²) >= 11 is 0. The average Bonchev–Trinajstić information content (AvgIpc) is 3.27. The van der Waals surface area contributed by atoms with Gasteiger partial charge >= 0.3 is 0 Å². The highest BCUT2D eigenvalue weighted by Crippen LogP contribution is 2.31. The molecule has 0 saturated heterocycles. The highest BCUT2D eigenvalue weighted by Gasteiger charge is 2.36. The van der Waals surface area contributed by atoms with Crippen molar-refractivity contribution >= 4 is 28.5 Å². The van der Waals surface area contributed by atoms with Crippen molar-refractivity contribution in [1.82, 2.24) is 9.97 Å². The third-order valence-corrected chi connectivity index (χ3v) is 4.88. The molecule has 6 nitrogen and oxygen atoms in total. The van der Waals surface area contributed by atoms with Crippen LogP contribution in [0.3, 0.4) is 0 Å². The number of hydrogen-bond donors (Lipinski definition) is 1. The Hall–Kier alpha value is -3.93. The Bertz CT molecular complexity index is 1210. The zero-order valence-electron chi connectivity index (χ0n) is 15.0. The number of imide groups is 1. The number of hydrogen-bond acceptors (Lipinski definition) is 4. The number of amides is 2. The van der Waals surface area contributed by atoms with Gasteiger partial charge in [0.15, 0.2) is 0 Å². The van der Waals surface area contributed by atoms with E-state index in [0.29, 0.717) is 22.6 Å². The summed E-state index contributed by atoms with van der Waals surface area (Å²) in [5.74, 6) is 0.856. The third-order valence-electron chi connectivity index (χ3n) is 4.88. The van der Waals surface area contributed by atoms with Crippen LogP contribution in [0.25, 0.3) is 22.4 Å². The molecule has 136 valence electrons. The van der Waals surface area contributed by atoms with Gasteiger partial charge in [0.05, 0.1) is 35.0 Å². The van der Waals surface area contributed by atoms with Gasteiger partial charge in [-0.15, -0.1) is 0 Å². The van der Waals surface area contributed by atoms with E-state index in [1.165, 1.54) is 4.90 Å². The summed E-state index contributed by atoms with van der Waals surface area (Å²) in [5, 5.41) is 0. The second-order valence-corrected chi connectivity index (χ2v) is 6.51. The molecule has 1 aromatic heterocycles. The molecule has 1 N–H and O–H groups in total. The SMILES string of the molecule is COc1ccc(-c2nc3ccc(N4C(=O)c5ccccc5C4=O)cc3[nH]2)cc1. The summed E-state index contributed by atoms with van der Waals surface area (Å²) in [7, 11) is 1.62. The summed E-state index contributed by atoms with van der Waals surface area (Å²) in [4.78, 5) is 34.5. The van der Waals surface area contributed by atoms with Crippen LogP contribution >= 0.6 is 0 Å². The first-order chi connectivity index (χ1) is 13.7. The maximum atomic E-state index is 12.7. The minimum Gasteiger partial charge on any atom is -0.497 e. The van der Waals surface area contributed by atoms with Crippen LogP contribution in [0.5, 0.6) is 5.75 Å². The monoisotopic (exact) mass is 369 g/mol. The first kappa shape index (κ1) is 16.3. The van der Waals surface area contributed by atoms with Gasteiger partial charge in [-0.05, 0) is 54.6 Å². The van der Waals surface area contributed by atoms with Crippen LogP contribution in [-0.4, -0.2) is 28.9 Å². The molecule has 0 aliphatic carbocycles. The summed E-state index contributed by atoms with van der Waals surface area (Å²) in [6.07, 6.45) is 0. The quantitative estimate of drug-likeness (QED) is 0.553. The lowest BCUT2D eigenvalue weighted by molar-refractivity contribution is 0.0926. The number of nitrogens with zero attached hydrogens (tertiary/aromatic N) is 2. The van der Waals surface area contributed by atoms with Gasteiger partial charge in [-0.2, -0.15) is 0 Å². The molecule has 0 atom stereocenters. The number of fused-ring (bicyclic) bond motifs is 2. The van der Waals surface area contributed by atoms with Crippen LogP contribution in [0.1, 0.15) is 20.7 Å². The molecule has 0 fully saturated rings. The molecule has 3 aromatic carbocycles. The van der Waals surface area contributed by atoms with Gasteiger partial charge in [-0.1, -0.05) is 12.1 Å². The second kappa shape index (κ2) is 6.06. The molecular formula is C22H15N3O3. The molecule has 1 aliphatic rings. The molecule has 5 rings (SSSR count). The van der Waals surface area contributed by atoms with E-state index in [1.54, 1.807) is 49.6 Å². The molecule has 2 heterocycles. The Morgan fingerprint density at radius 3 is 2.21 bits per heavy atom. The number of aromatic nitrogens is 2. The largest absolute Gasteiger partial charge is 0.497 e. The maximum Gasteiger partial charge on any atom is 0.266 e. The Morgan fingerprint density at radius 2 is 1.57 bits per heavy atom. The van der Waals surface area contributed by atoms with Crippen LogP contribution in [0.2, 0.25) is 0 Å². The van der Waals surface area contributed by atoms with Crippen molar-refractivity contribution in [2.75, 3.05) is 12.0 Å². The molecule has 0 bridgehead atoms. The number of H-pyrrole nitrogens is 1. The predicted molar refractivity (Wildman–Crippen MR) is 106 cm³/mol. The number of ether oxygens (including phenoxy) is 1. The van der Waals surface area contributed by atoms with Gasteiger partial charge in [0.2, 0.25) is 0 Å². The number of imidazole rings is 1. The van der Waals surface area contributed by atoms with E-state index in [0.717, 1.165) is 22.3 Å². The fraction of sp³-hybridized carbons (Fsp3) is 0.0455. The lowest BCUT2D eigenvalue weighted by Gasteiger charge is -2.13.